The molecule has 2 aromatic heterocycles. The van der Waals surface area contributed by atoms with Gasteiger partial charge < -0.3 is 15.5 Å². The van der Waals surface area contributed by atoms with E-state index in [0.29, 0.717) is 20.0 Å². The first kappa shape index (κ1) is 18.3. The van der Waals surface area contributed by atoms with Crippen molar-refractivity contribution >= 4 is 52.5 Å². The maximum atomic E-state index is 12.2. The highest BCUT2D eigenvalue weighted by atomic mass is 35.5. The molecule has 11 heteroatoms. The van der Waals surface area contributed by atoms with Gasteiger partial charge in [-0.2, -0.15) is 5.10 Å². The highest BCUT2D eigenvalue weighted by molar-refractivity contribution is 7.99. The molecule has 0 fully saturated rings. The van der Waals surface area contributed by atoms with Crippen LogP contribution in [-0.2, 0) is 4.79 Å². The number of aliphatic carboxylic acids is 1. The summed E-state index contributed by atoms with van der Waals surface area (Å²) in [5.74, 6) is -2.34. The summed E-state index contributed by atoms with van der Waals surface area (Å²) in [5.41, 5.74) is -0.0826. The summed E-state index contributed by atoms with van der Waals surface area (Å²) in [4.78, 5) is 27.5. The van der Waals surface area contributed by atoms with Gasteiger partial charge in [0.25, 0.3) is 5.91 Å². The van der Waals surface area contributed by atoms with Crippen molar-refractivity contribution in [2.24, 2.45) is 0 Å². The van der Waals surface area contributed by atoms with E-state index in [4.69, 9.17) is 28.3 Å². The number of amides is 1. The van der Waals surface area contributed by atoms with Gasteiger partial charge >= 0.3 is 5.97 Å². The van der Waals surface area contributed by atoms with E-state index in [-0.39, 0.29) is 17.0 Å². The number of aromatic nitrogens is 3. The molecule has 0 aliphatic heterocycles. The third-order valence-electron chi connectivity index (χ3n) is 3.18. The van der Waals surface area contributed by atoms with E-state index < -0.39 is 18.4 Å². The van der Waals surface area contributed by atoms with E-state index in [2.05, 4.69) is 15.4 Å². The molecule has 0 spiro atoms. The number of benzene rings is 1. The smallest absolute Gasteiger partial charge is 0.322 e. The van der Waals surface area contributed by atoms with Gasteiger partial charge in [-0.05, 0) is 18.2 Å². The predicted octanol–water partition coefficient (Wildman–Crippen LogP) is 2.71. The molecule has 26 heavy (non-hydrogen) atoms. The Kier molecular flexibility index (Phi) is 5.21. The number of rotatable bonds is 5. The summed E-state index contributed by atoms with van der Waals surface area (Å²) in [6.07, 6.45) is 1.22. The summed E-state index contributed by atoms with van der Waals surface area (Å²) in [5, 5.41) is 26.5. The van der Waals surface area contributed by atoms with Crippen LogP contribution in [0.5, 0.6) is 5.75 Å². The molecule has 3 aromatic rings. The Morgan fingerprint density at radius 3 is 2.54 bits per heavy atom. The predicted molar refractivity (Wildman–Crippen MR) is 95.2 cm³/mol. The van der Waals surface area contributed by atoms with Crippen LogP contribution in [0.3, 0.4) is 0 Å². The molecule has 2 heterocycles. The lowest BCUT2D eigenvalue weighted by Gasteiger charge is -2.10. The van der Waals surface area contributed by atoms with Crippen LogP contribution in [-0.4, -0.2) is 43.2 Å². The van der Waals surface area contributed by atoms with Crippen LogP contribution in [0.25, 0.3) is 5.65 Å². The number of carbonyl (C=O) groups excluding carboxylic acids is 1. The van der Waals surface area contributed by atoms with Crippen LogP contribution < -0.4 is 5.32 Å². The summed E-state index contributed by atoms with van der Waals surface area (Å²) in [6.45, 7) is -0.587. The monoisotopic (exact) mass is 412 g/mol. The van der Waals surface area contributed by atoms with Gasteiger partial charge in [0.05, 0.1) is 0 Å². The fourth-order valence-electron chi connectivity index (χ4n) is 2.18. The Hall–Kier alpha value is -2.49. The summed E-state index contributed by atoms with van der Waals surface area (Å²) >= 11 is 13.2. The summed E-state index contributed by atoms with van der Waals surface area (Å²) in [7, 11) is 0. The minimum absolute atomic E-state index is 0.0866. The first-order valence-electron chi connectivity index (χ1n) is 7.05. The second-order valence-electron chi connectivity index (χ2n) is 5.02. The Morgan fingerprint density at radius 1 is 1.19 bits per heavy atom. The van der Waals surface area contributed by atoms with Gasteiger partial charge in [0, 0.05) is 21.0 Å². The maximum Gasteiger partial charge on any atom is 0.322 e. The van der Waals surface area contributed by atoms with E-state index in [1.54, 1.807) is 18.2 Å². The quantitative estimate of drug-likeness (QED) is 0.589. The van der Waals surface area contributed by atoms with E-state index in [9.17, 15) is 14.7 Å². The molecule has 0 aliphatic rings. The Labute approximate surface area is 160 Å². The second-order valence-corrected chi connectivity index (χ2v) is 6.99. The van der Waals surface area contributed by atoms with Gasteiger partial charge in [0.15, 0.2) is 5.65 Å². The number of hydrogen-bond acceptors (Lipinski definition) is 6. The molecule has 0 bridgehead atoms. The van der Waals surface area contributed by atoms with Gasteiger partial charge in [-0.25, -0.2) is 9.50 Å². The van der Waals surface area contributed by atoms with Gasteiger partial charge in [0.2, 0.25) is 0 Å². The standard InChI is InChI=1S/C15H10Cl2N4O4S/c16-7-1-8(17)3-9(2-7)26-11-4-10(22)13(14-19-6-20-21(11)14)15(25)18-5-12(23)24/h1-4,6,22H,5H2,(H,18,25)(H,23,24). The number of nitrogens with one attached hydrogen (secondary N) is 1. The molecule has 0 radical (unpaired) electrons. The van der Waals surface area contributed by atoms with Crippen LogP contribution in [0.15, 0.2) is 40.5 Å². The Bertz CT molecular complexity index is 1000. The lowest BCUT2D eigenvalue weighted by molar-refractivity contribution is -0.135. The second kappa shape index (κ2) is 7.40. The van der Waals surface area contributed by atoms with E-state index in [0.717, 1.165) is 0 Å². The molecule has 0 aliphatic carbocycles. The number of carboxylic acids is 1. The molecule has 134 valence electrons. The maximum absolute atomic E-state index is 12.2. The van der Waals surface area contributed by atoms with Crippen molar-refractivity contribution in [2.45, 2.75) is 9.92 Å². The van der Waals surface area contributed by atoms with Crippen molar-refractivity contribution in [3.8, 4) is 5.75 Å². The fourth-order valence-corrected chi connectivity index (χ4v) is 3.84. The van der Waals surface area contributed by atoms with Gasteiger partial charge in [0.1, 0.15) is 29.2 Å². The lowest BCUT2D eigenvalue weighted by Crippen LogP contribution is -2.29. The number of carboxylic acid groups (broad SMARTS) is 1. The third-order valence-corrected chi connectivity index (χ3v) is 4.59. The molecule has 8 nitrogen and oxygen atoms in total. The van der Waals surface area contributed by atoms with Crippen molar-refractivity contribution < 1.29 is 19.8 Å². The average Bonchev–Trinajstić information content (AvgIpc) is 3.01. The van der Waals surface area contributed by atoms with Gasteiger partial charge in [-0.15, -0.1) is 0 Å². The topological polar surface area (TPSA) is 117 Å². The normalized spacial score (nSPS) is 10.8. The molecule has 1 amide bonds. The van der Waals surface area contributed by atoms with E-state index in [1.165, 1.54) is 28.7 Å². The molecule has 3 rings (SSSR count). The molecule has 1 aromatic carbocycles. The van der Waals surface area contributed by atoms with Gasteiger partial charge in [-0.3, -0.25) is 9.59 Å². The largest absolute Gasteiger partial charge is 0.507 e. The van der Waals surface area contributed by atoms with Gasteiger partial charge in [-0.1, -0.05) is 35.0 Å². The first-order valence-corrected chi connectivity index (χ1v) is 8.62. The number of pyridine rings is 1. The van der Waals surface area contributed by atoms with Crippen molar-refractivity contribution in [3.05, 3.63) is 46.2 Å². The molecule has 3 N–H and O–H groups in total. The molecule has 0 saturated carbocycles. The van der Waals surface area contributed by atoms with Crippen LogP contribution in [0.4, 0.5) is 0 Å². The highest BCUT2D eigenvalue weighted by Crippen LogP contribution is 2.35. The molecule has 0 saturated heterocycles. The summed E-state index contributed by atoms with van der Waals surface area (Å²) < 4.78 is 1.36. The fraction of sp³-hybridized carbons (Fsp3) is 0.0667. The third kappa shape index (κ3) is 3.85. The van der Waals surface area contributed by atoms with Crippen LogP contribution in [0, 0.1) is 0 Å². The summed E-state index contributed by atoms with van der Waals surface area (Å²) in [6, 6.07) is 6.29. The molecular weight excluding hydrogens is 403 g/mol. The average molecular weight is 413 g/mol. The number of hydrogen-bond donors (Lipinski definition) is 3. The van der Waals surface area contributed by atoms with Crippen molar-refractivity contribution in [1.29, 1.82) is 0 Å². The first-order chi connectivity index (χ1) is 12.3. The minimum Gasteiger partial charge on any atom is -0.507 e. The van der Waals surface area contributed by atoms with Crippen molar-refractivity contribution in [1.82, 2.24) is 19.9 Å². The molecular formula is C15H10Cl2N4O4S. The number of carbonyl (C=O) groups is 2. The van der Waals surface area contributed by atoms with Crippen molar-refractivity contribution in [3.63, 3.8) is 0 Å². The number of halogens is 2. The van der Waals surface area contributed by atoms with Crippen LogP contribution in [0.2, 0.25) is 10.0 Å². The molecule has 0 atom stereocenters. The SMILES string of the molecule is O=C(O)CNC(=O)c1c(O)cc(Sc2cc(Cl)cc(Cl)c2)n2ncnc12. The van der Waals surface area contributed by atoms with Crippen LogP contribution in [0.1, 0.15) is 10.4 Å². The minimum atomic E-state index is -1.21. The lowest BCUT2D eigenvalue weighted by atomic mass is 10.2. The number of aromatic hydroxyl groups is 1. The zero-order valence-electron chi connectivity index (χ0n) is 12.8. The molecule has 0 unspecified atom stereocenters. The number of nitrogens with zero attached hydrogens (tertiary/aromatic N) is 3. The Morgan fingerprint density at radius 2 is 1.88 bits per heavy atom. The highest BCUT2D eigenvalue weighted by Gasteiger charge is 2.21. The Balaban J connectivity index is 2.01. The van der Waals surface area contributed by atoms with E-state index in [1.807, 2.05) is 0 Å². The van der Waals surface area contributed by atoms with Crippen LogP contribution >= 0.6 is 35.0 Å². The zero-order valence-corrected chi connectivity index (χ0v) is 15.1. The number of fused-ring (bicyclic) bond motifs is 1. The van der Waals surface area contributed by atoms with Crippen molar-refractivity contribution in [2.75, 3.05) is 6.54 Å². The van der Waals surface area contributed by atoms with E-state index >= 15 is 0 Å². The zero-order chi connectivity index (χ0) is 18.8.